The zero-order valence-electron chi connectivity index (χ0n) is 27.5. The molecular formula is C37H40FN3O6S. The van der Waals surface area contributed by atoms with E-state index in [1.54, 1.807) is 0 Å². The van der Waals surface area contributed by atoms with Crippen LogP contribution >= 0.6 is 0 Å². The van der Waals surface area contributed by atoms with Crippen molar-refractivity contribution >= 4 is 27.5 Å². The van der Waals surface area contributed by atoms with E-state index in [2.05, 4.69) is 5.32 Å². The Morgan fingerprint density at radius 1 is 0.875 bits per heavy atom. The standard InChI is InChI=1S/C37H40FN3O6S/c1-26-10-8-9-13-28(26)24-40(32(36(43)39-37(2,3)4)22-27-11-6-5-7-12-27)35(42)25-41(30-16-14-29(38)15-17-30)48(44,45)31-18-19-33-34(23-31)47-21-20-46-33/h5-19,23,32H,20-22,24-25H2,1-4H3,(H,39,43). The third kappa shape index (κ3) is 8.32. The largest absolute Gasteiger partial charge is 0.486 e. The van der Waals surface area contributed by atoms with Gasteiger partial charge >= 0.3 is 0 Å². The molecule has 0 aromatic heterocycles. The van der Waals surface area contributed by atoms with Crippen LogP contribution in [0.1, 0.15) is 37.5 Å². The first-order valence-electron chi connectivity index (χ1n) is 15.7. The molecule has 0 aliphatic carbocycles. The molecule has 1 aliphatic rings. The SMILES string of the molecule is Cc1ccccc1CN(C(=O)CN(c1ccc(F)cc1)S(=O)(=O)c1ccc2c(c1)OCCO2)C(Cc1ccccc1)C(=O)NC(C)(C)C. The number of benzene rings is 4. The van der Waals surface area contributed by atoms with Gasteiger partial charge < -0.3 is 19.7 Å². The third-order valence-electron chi connectivity index (χ3n) is 7.87. The average molecular weight is 674 g/mol. The van der Waals surface area contributed by atoms with Gasteiger partial charge in [-0.05, 0) is 80.8 Å². The molecule has 0 radical (unpaired) electrons. The van der Waals surface area contributed by atoms with E-state index < -0.39 is 39.9 Å². The number of carbonyl (C=O) groups is 2. The second-order valence-corrected chi connectivity index (χ2v) is 14.5. The van der Waals surface area contributed by atoms with Gasteiger partial charge in [0.15, 0.2) is 11.5 Å². The van der Waals surface area contributed by atoms with Crippen LogP contribution in [0.25, 0.3) is 0 Å². The van der Waals surface area contributed by atoms with E-state index in [4.69, 9.17) is 9.47 Å². The maximum absolute atomic E-state index is 14.6. The fourth-order valence-electron chi connectivity index (χ4n) is 5.43. The molecule has 9 nitrogen and oxygen atoms in total. The summed E-state index contributed by atoms with van der Waals surface area (Å²) in [4.78, 5) is 30.0. The highest BCUT2D eigenvalue weighted by Gasteiger charge is 2.36. The number of rotatable bonds is 11. The molecule has 1 N–H and O–H groups in total. The number of hydrogen-bond donors (Lipinski definition) is 1. The topological polar surface area (TPSA) is 105 Å². The highest BCUT2D eigenvalue weighted by molar-refractivity contribution is 7.92. The van der Waals surface area contributed by atoms with Crippen molar-refractivity contribution < 1.29 is 31.9 Å². The molecule has 0 spiro atoms. The first-order valence-corrected chi connectivity index (χ1v) is 17.1. The van der Waals surface area contributed by atoms with Gasteiger partial charge in [0, 0.05) is 24.6 Å². The normalized spacial score (nSPS) is 13.4. The number of ether oxygens (including phenoxy) is 2. The predicted molar refractivity (Wildman–Crippen MR) is 182 cm³/mol. The summed E-state index contributed by atoms with van der Waals surface area (Å²) >= 11 is 0. The first kappa shape index (κ1) is 34.4. The number of nitrogens with zero attached hydrogens (tertiary/aromatic N) is 2. The van der Waals surface area contributed by atoms with E-state index in [1.807, 2.05) is 82.3 Å². The molecule has 0 saturated carbocycles. The molecule has 11 heteroatoms. The Kier molecular flexibility index (Phi) is 10.4. The van der Waals surface area contributed by atoms with Gasteiger partial charge in [-0.25, -0.2) is 12.8 Å². The monoisotopic (exact) mass is 673 g/mol. The lowest BCUT2D eigenvalue weighted by atomic mass is 10.00. The van der Waals surface area contributed by atoms with Crippen molar-refractivity contribution in [3.05, 3.63) is 120 Å². The Hall–Kier alpha value is -4.90. The lowest BCUT2D eigenvalue weighted by Gasteiger charge is -2.35. The molecule has 1 unspecified atom stereocenters. The summed E-state index contributed by atoms with van der Waals surface area (Å²) in [6.07, 6.45) is 0.186. The number of nitrogens with one attached hydrogen (secondary N) is 1. The van der Waals surface area contributed by atoms with Crippen LogP contribution in [-0.4, -0.2) is 56.5 Å². The van der Waals surface area contributed by atoms with Crippen molar-refractivity contribution in [3.63, 3.8) is 0 Å². The van der Waals surface area contributed by atoms with E-state index >= 15 is 0 Å². The van der Waals surface area contributed by atoms with Crippen LogP contribution in [0.5, 0.6) is 11.5 Å². The van der Waals surface area contributed by atoms with E-state index in [1.165, 1.54) is 35.2 Å². The summed E-state index contributed by atoms with van der Waals surface area (Å²) in [5.41, 5.74) is 2.01. The molecule has 4 aromatic carbocycles. The second-order valence-electron chi connectivity index (χ2n) is 12.7. The molecule has 0 fully saturated rings. The number of anilines is 1. The van der Waals surface area contributed by atoms with E-state index in [0.29, 0.717) is 12.4 Å². The van der Waals surface area contributed by atoms with Crippen molar-refractivity contribution in [2.45, 2.75) is 57.1 Å². The molecule has 1 atom stereocenters. The van der Waals surface area contributed by atoms with Gasteiger partial charge in [-0.3, -0.25) is 13.9 Å². The van der Waals surface area contributed by atoms with Gasteiger partial charge in [0.25, 0.3) is 10.0 Å². The van der Waals surface area contributed by atoms with Crippen LogP contribution in [0.4, 0.5) is 10.1 Å². The molecule has 5 rings (SSSR count). The van der Waals surface area contributed by atoms with Crippen LogP contribution in [0.3, 0.4) is 0 Å². The minimum atomic E-state index is -4.42. The third-order valence-corrected chi connectivity index (χ3v) is 9.64. The van der Waals surface area contributed by atoms with E-state index in [9.17, 15) is 22.4 Å². The Labute approximate surface area is 281 Å². The molecule has 48 heavy (non-hydrogen) atoms. The zero-order valence-corrected chi connectivity index (χ0v) is 28.3. The van der Waals surface area contributed by atoms with Gasteiger partial charge in [0.05, 0.1) is 10.6 Å². The number of halogens is 1. The summed E-state index contributed by atoms with van der Waals surface area (Å²) in [7, 11) is -4.42. The minimum Gasteiger partial charge on any atom is -0.486 e. The van der Waals surface area contributed by atoms with Crippen LogP contribution < -0.4 is 19.1 Å². The van der Waals surface area contributed by atoms with Gasteiger partial charge in [-0.15, -0.1) is 0 Å². The molecular weight excluding hydrogens is 633 g/mol. The maximum atomic E-state index is 14.6. The fraction of sp³-hybridized carbons (Fsp3) is 0.297. The van der Waals surface area contributed by atoms with Crippen LogP contribution in [0.15, 0.2) is 102 Å². The molecule has 4 aromatic rings. The number of fused-ring (bicyclic) bond motifs is 1. The summed E-state index contributed by atoms with van der Waals surface area (Å²) < 4.78 is 54.9. The summed E-state index contributed by atoms with van der Waals surface area (Å²) in [5, 5.41) is 3.02. The lowest BCUT2D eigenvalue weighted by Crippen LogP contribution is -2.56. The van der Waals surface area contributed by atoms with Crippen molar-refractivity contribution in [2.75, 3.05) is 24.1 Å². The van der Waals surface area contributed by atoms with Crippen LogP contribution in [0.2, 0.25) is 0 Å². The van der Waals surface area contributed by atoms with Crippen molar-refractivity contribution in [3.8, 4) is 11.5 Å². The Balaban J connectivity index is 1.59. The smallest absolute Gasteiger partial charge is 0.264 e. The summed E-state index contributed by atoms with van der Waals surface area (Å²) in [6, 6.07) is 25.0. The highest BCUT2D eigenvalue weighted by Crippen LogP contribution is 2.34. The highest BCUT2D eigenvalue weighted by atomic mass is 32.2. The fourth-order valence-corrected chi connectivity index (χ4v) is 6.86. The average Bonchev–Trinajstić information content (AvgIpc) is 3.05. The first-order chi connectivity index (χ1) is 22.8. The summed E-state index contributed by atoms with van der Waals surface area (Å²) in [5.74, 6) is -0.895. The number of carbonyl (C=O) groups excluding carboxylic acids is 2. The molecule has 0 saturated heterocycles. The summed E-state index contributed by atoms with van der Waals surface area (Å²) in [6.45, 7) is 7.44. The van der Waals surface area contributed by atoms with Gasteiger partial charge in [0.2, 0.25) is 11.8 Å². The van der Waals surface area contributed by atoms with Gasteiger partial charge in [0.1, 0.15) is 31.6 Å². The zero-order chi connectivity index (χ0) is 34.5. The van der Waals surface area contributed by atoms with Gasteiger partial charge in [-0.1, -0.05) is 54.6 Å². The number of hydrogen-bond acceptors (Lipinski definition) is 6. The van der Waals surface area contributed by atoms with Crippen LogP contribution in [0, 0.1) is 12.7 Å². The maximum Gasteiger partial charge on any atom is 0.264 e. The number of amides is 2. The van der Waals surface area contributed by atoms with Crippen molar-refractivity contribution in [1.82, 2.24) is 10.2 Å². The Morgan fingerprint density at radius 2 is 1.52 bits per heavy atom. The molecule has 252 valence electrons. The minimum absolute atomic E-state index is 0.0436. The quantitative estimate of drug-likeness (QED) is 0.221. The molecule has 2 amide bonds. The second kappa shape index (κ2) is 14.5. The Bertz CT molecular complexity index is 1860. The van der Waals surface area contributed by atoms with Crippen molar-refractivity contribution in [2.24, 2.45) is 0 Å². The van der Waals surface area contributed by atoms with E-state index in [0.717, 1.165) is 33.1 Å². The van der Waals surface area contributed by atoms with Crippen molar-refractivity contribution in [1.29, 1.82) is 0 Å². The molecule has 1 aliphatic heterocycles. The van der Waals surface area contributed by atoms with E-state index in [-0.39, 0.29) is 41.8 Å². The number of sulfonamides is 1. The predicted octanol–water partition coefficient (Wildman–Crippen LogP) is 5.66. The number of aryl methyl sites for hydroxylation is 1. The molecule has 1 heterocycles. The van der Waals surface area contributed by atoms with Crippen LogP contribution in [-0.2, 0) is 32.6 Å². The lowest BCUT2D eigenvalue weighted by molar-refractivity contribution is -0.140. The molecule has 0 bridgehead atoms. The van der Waals surface area contributed by atoms with Gasteiger partial charge in [-0.2, -0.15) is 0 Å². The Morgan fingerprint density at radius 3 is 2.19 bits per heavy atom.